The average Bonchev–Trinajstić information content (AvgIpc) is 2.41. The Kier molecular flexibility index (Phi) is 3.80. The highest BCUT2D eigenvalue weighted by atomic mass is 16.1. The molecule has 92 valence electrons. The number of carbonyl (C=O) groups is 1. The van der Waals surface area contributed by atoms with Gasteiger partial charge in [0.05, 0.1) is 11.9 Å². The summed E-state index contributed by atoms with van der Waals surface area (Å²) in [6, 6.07) is 6.83. The van der Waals surface area contributed by atoms with Gasteiger partial charge in [0.1, 0.15) is 5.69 Å². The number of rotatable bonds is 4. The summed E-state index contributed by atoms with van der Waals surface area (Å²) in [6.07, 6.45) is 3.16. The highest BCUT2D eigenvalue weighted by molar-refractivity contribution is 6.02. The number of anilines is 2. The molecule has 0 bridgehead atoms. The van der Waals surface area contributed by atoms with Gasteiger partial charge < -0.3 is 10.6 Å². The minimum absolute atomic E-state index is 0.307. The summed E-state index contributed by atoms with van der Waals surface area (Å²) in [7, 11) is 0. The van der Waals surface area contributed by atoms with E-state index in [0.717, 1.165) is 12.2 Å². The van der Waals surface area contributed by atoms with Crippen molar-refractivity contribution in [3.8, 4) is 0 Å². The predicted octanol–water partition coefficient (Wildman–Crippen LogP) is 1.56. The van der Waals surface area contributed by atoms with Crippen LogP contribution in [0.2, 0.25) is 0 Å². The Labute approximate surface area is 104 Å². The van der Waals surface area contributed by atoms with Crippen molar-refractivity contribution in [2.75, 3.05) is 17.2 Å². The molecule has 0 saturated carbocycles. The van der Waals surface area contributed by atoms with E-state index in [-0.39, 0.29) is 5.91 Å². The van der Waals surface area contributed by atoms with Gasteiger partial charge >= 0.3 is 0 Å². The molecule has 0 aliphatic heterocycles. The molecule has 0 spiro atoms. The molecule has 2 aromatic heterocycles. The van der Waals surface area contributed by atoms with Crippen LogP contribution in [0.15, 0.2) is 36.7 Å². The van der Waals surface area contributed by atoms with Crippen LogP contribution < -0.4 is 10.6 Å². The van der Waals surface area contributed by atoms with Gasteiger partial charge in [0.15, 0.2) is 5.82 Å². The zero-order valence-corrected chi connectivity index (χ0v) is 9.92. The van der Waals surface area contributed by atoms with Crippen molar-refractivity contribution in [2.45, 2.75) is 6.92 Å². The Bertz CT molecular complexity index is 512. The largest absolute Gasteiger partial charge is 0.384 e. The van der Waals surface area contributed by atoms with Crippen LogP contribution in [0.25, 0.3) is 0 Å². The lowest BCUT2D eigenvalue weighted by atomic mass is 10.3. The molecule has 0 fully saturated rings. The smallest absolute Gasteiger partial charge is 0.275 e. The Hall–Kier alpha value is -2.50. The predicted molar refractivity (Wildman–Crippen MR) is 68.4 cm³/mol. The monoisotopic (exact) mass is 243 g/mol. The first-order valence-electron chi connectivity index (χ1n) is 5.58. The summed E-state index contributed by atoms with van der Waals surface area (Å²) in [4.78, 5) is 15.9. The number of hydrogen-bond donors (Lipinski definition) is 2. The molecule has 6 nitrogen and oxygen atoms in total. The Morgan fingerprint density at radius 1 is 1.33 bits per heavy atom. The first kappa shape index (κ1) is 12.0. The quantitative estimate of drug-likeness (QED) is 0.851. The Morgan fingerprint density at radius 3 is 2.83 bits per heavy atom. The van der Waals surface area contributed by atoms with Gasteiger partial charge in [0.2, 0.25) is 0 Å². The normalized spacial score (nSPS) is 9.83. The summed E-state index contributed by atoms with van der Waals surface area (Å²) in [5.41, 5.74) is 1.22. The van der Waals surface area contributed by atoms with Crippen LogP contribution in [0.3, 0.4) is 0 Å². The topological polar surface area (TPSA) is 79.8 Å². The summed E-state index contributed by atoms with van der Waals surface area (Å²) in [5.74, 6) is 0.0959. The number of amides is 1. The summed E-state index contributed by atoms with van der Waals surface area (Å²) >= 11 is 0. The zero-order chi connectivity index (χ0) is 12.8. The Balaban J connectivity index is 2.05. The van der Waals surface area contributed by atoms with Crippen LogP contribution >= 0.6 is 0 Å². The fraction of sp³-hybridized carbons (Fsp3) is 0.167. The minimum atomic E-state index is -0.307. The molecule has 2 heterocycles. The molecular weight excluding hydrogens is 230 g/mol. The number of nitrogens with zero attached hydrogens (tertiary/aromatic N) is 3. The molecule has 0 aliphatic carbocycles. The van der Waals surface area contributed by atoms with E-state index in [1.165, 1.54) is 0 Å². The van der Waals surface area contributed by atoms with Crippen LogP contribution in [-0.4, -0.2) is 27.6 Å². The summed E-state index contributed by atoms with van der Waals surface area (Å²) in [6.45, 7) is 2.81. The molecule has 2 rings (SSSR count). The van der Waals surface area contributed by atoms with Crippen molar-refractivity contribution < 1.29 is 4.79 Å². The van der Waals surface area contributed by atoms with Crippen molar-refractivity contribution in [1.82, 2.24) is 15.2 Å². The van der Waals surface area contributed by atoms with E-state index in [9.17, 15) is 4.79 Å². The van der Waals surface area contributed by atoms with Gasteiger partial charge in [-0.25, -0.2) is 4.98 Å². The second-order valence-corrected chi connectivity index (χ2v) is 3.53. The van der Waals surface area contributed by atoms with Crippen LogP contribution in [0.4, 0.5) is 11.5 Å². The summed E-state index contributed by atoms with van der Waals surface area (Å²) < 4.78 is 0. The van der Waals surface area contributed by atoms with E-state index in [0.29, 0.717) is 11.5 Å². The maximum Gasteiger partial charge on any atom is 0.275 e. The van der Waals surface area contributed by atoms with Crippen molar-refractivity contribution >= 4 is 17.4 Å². The van der Waals surface area contributed by atoms with E-state index in [1.54, 1.807) is 30.6 Å². The molecule has 0 atom stereocenters. The molecule has 1 amide bonds. The molecule has 18 heavy (non-hydrogen) atoms. The van der Waals surface area contributed by atoms with Crippen molar-refractivity contribution in [3.05, 3.63) is 42.4 Å². The molecule has 2 N–H and O–H groups in total. The van der Waals surface area contributed by atoms with Gasteiger partial charge in [-0.1, -0.05) is 0 Å². The van der Waals surface area contributed by atoms with Crippen LogP contribution in [0.1, 0.15) is 17.4 Å². The number of hydrogen-bond acceptors (Lipinski definition) is 5. The van der Waals surface area contributed by atoms with Crippen molar-refractivity contribution in [2.24, 2.45) is 0 Å². The lowest BCUT2D eigenvalue weighted by Gasteiger charge is -2.05. The van der Waals surface area contributed by atoms with Crippen molar-refractivity contribution in [1.29, 1.82) is 0 Å². The maximum atomic E-state index is 11.8. The van der Waals surface area contributed by atoms with Crippen molar-refractivity contribution in [3.63, 3.8) is 0 Å². The second-order valence-electron chi connectivity index (χ2n) is 3.53. The van der Waals surface area contributed by atoms with E-state index in [4.69, 9.17) is 0 Å². The molecule has 0 aromatic carbocycles. The van der Waals surface area contributed by atoms with E-state index in [1.807, 2.05) is 13.0 Å². The third-order valence-electron chi connectivity index (χ3n) is 2.19. The molecular formula is C12H13N5O. The fourth-order valence-corrected chi connectivity index (χ4v) is 1.39. The van der Waals surface area contributed by atoms with Crippen LogP contribution in [0, 0.1) is 0 Å². The van der Waals surface area contributed by atoms with Crippen LogP contribution in [0.5, 0.6) is 0 Å². The SMILES string of the molecule is CCNc1ccc(C(=O)Nc2cccnn2)nc1. The fourth-order valence-electron chi connectivity index (χ4n) is 1.39. The zero-order valence-electron chi connectivity index (χ0n) is 9.92. The van der Waals surface area contributed by atoms with Gasteiger partial charge in [0.25, 0.3) is 5.91 Å². The van der Waals surface area contributed by atoms with E-state index in [2.05, 4.69) is 25.8 Å². The number of carbonyl (C=O) groups excluding carboxylic acids is 1. The van der Waals surface area contributed by atoms with Gasteiger partial charge in [-0.05, 0) is 31.2 Å². The minimum Gasteiger partial charge on any atom is -0.384 e. The maximum absolute atomic E-state index is 11.8. The first-order chi connectivity index (χ1) is 8.79. The molecule has 2 aromatic rings. The molecule has 0 radical (unpaired) electrons. The third kappa shape index (κ3) is 3.00. The van der Waals surface area contributed by atoms with Gasteiger partial charge in [0, 0.05) is 12.7 Å². The average molecular weight is 243 g/mol. The number of aromatic nitrogens is 3. The molecule has 0 aliphatic rings. The number of nitrogens with one attached hydrogen (secondary N) is 2. The van der Waals surface area contributed by atoms with E-state index < -0.39 is 0 Å². The Morgan fingerprint density at radius 2 is 2.22 bits per heavy atom. The number of pyridine rings is 1. The standard InChI is InChI=1S/C12H13N5O/c1-2-13-9-5-6-10(14-8-9)12(18)16-11-4-3-7-15-17-11/h3-8,13H,2H2,1H3,(H,16,17,18). The lowest BCUT2D eigenvalue weighted by molar-refractivity contribution is 0.102. The molecule has 0 saturated heterocycles. The summed E-state index contributed by atoms with van der Waals surface area (Å²) in [5, 5.41) is 13.2. The second kappa shape index (κ2) is 5.72. The first-order valence-corrected chi connectivity index (χ1v) is 5.58. The molecule has 0 unspecified atom stereocenters. The van der Waals surface area contributed by atoms with Gasteiger partial charge in [-0.3, -0.25) is 4.79 Å². The molecule has 6 heteroatoms. The third-order valence-corrected chi connectivity index (χ3v) is 2.19. The van der Waals surface area contributed by atoms with Gasteiger partial charge in [-0.2, -0.15) is 5.10 Å². The van der Waals surface area contributed by atoms with E-state index >= 15 is 0 Å². The highest BCUT2D eigenvalue weighted by Crippen LogP contribution is 2.07. The lowest BCUT2D eigenvalue weighted by Crippen LogP contribution is -2.14. The van der Waals surface area contributed by atoms with Gasteiger partial charge in [-0.15, -0.1) is 5.10 Å². The highest BCUT2D eigenvalue weighted by Gasteiger charge is 2.07. The van der Waals surface area contributed by atoms with Crippen LogP contribution in [-0.2, 0) is 0 Å².